The van der Waals surface area contributed by atoms with Crippen molar-refractivity contribution in [3.05, 3.63) is 57.7 Å². The van der Waals surface area contributed by atoms with Crippen molar-refractivity contribution >= 4 is 22.3 Å². The lowest BCUT2D eigenvalue weighted by molar-refractivity contribution is 0.470. The summed E-state index contributed by atoms with van der Waals surface area (Å²) < 4.78 is 19.5. The molecule has 0 saturated carbocycles. The lowest BCUT2D eigenvalue weighted by Crippen LogP contribution is -2.22. The van der Waals surface area contributed by atoms with E-state index in [0.717, 1.165) is 35.3 Å². The average Bonchev–Trinajstić information content (AvgIpc) is 3.10. The summed E-state index contributed by atoms with van der Waals surface area (Å²) in [7, 11) is 0. The van der Waals surface area contributed by atoms with Gasteiger partial charge in [0.25, 0.3) is 0 Å². The van der Waals surface area contributed by atoms with Gasteiger partial charge in [0.05, 0.1) is 0 Å². The normalized spacial score (nSPS) is 12.9. The van der Waals surface area contributed by atoms with Crippen LogP contribution in [0.25, 0.3) is 11.0 Å². The van der Waals surface area contributed by atoms with E-state index in [9.17, 15) is 4.39 Å². The summed E-state index contributed by atoms with van der Waals surface area (Å²) in [4.78, 5) is 1.21. The van der Waals surface area contributed by atoms with E-state index in [1.807, 2.05) is 13.0 Å². The molecule has 2 nitrogen and oxygen atoms in total. The van der Waals surface area contributed by atoms with Crippen LogP contribution in [0.15, 0.2) is 40.1 Å². The van der Waals surface area contributed by atoms with Gasteiger partial charge in [-0.2, -0.15) is 0 Å². The number of hydrogen-bond acceptors (Lipinski definition) is 3. The van der Waals surface area contributed by atoms with Gasteiger partial charge in [-0.25, -0.2) is 4.39 Å². The van der Waals surface area contributed by atoms with Gasteiger partial charge in [0.2, 0.25) is 0 Å². The Bertz CT molecular complexity index is 733. The van der Waals surface area contributed by atoms with E-state index in [4.69, 9.17) is 4.42 Å². The molecule has 1 aromatic carbocycles. The lowest BCUT2D eigenvalue weighted by Gasteiger charge is -2.15. The smallest absolute Gasteiger partial charge is 0.134 e. The first-order valence-corrected chi connectivity index (χ1v) is 8.04. The number of furan rings is 1. The van der Waals surface area contributed by atoms with Gasteiger partial charge in [-0.15, -0.1) is 11.3 Å². The molecular weight excluding hydrogens is 285 g/mol. The van der Waals surface area contributed by atoms with E-state index < -0.39 is 0 Å². The number of nitrogens with one attached hydrogen (secondary N) is 1. The van der Waals surface area contributed by atoms with Gasteiger partial charge in [-0.05, 0) is 49.5 Å². The van der Waals surface area contributed by atoms with Crippen LogP contribution in [0.4, 0.5) is 4.39 Å². The maximum absolute atomic E-state index is 13.4. The van der Waals surface area contributed by atoms with Crippen molar-refractivity contribution in [1.29, 1.82) is 0 Å². The molecule has 0 amide bonds. The van der Waals surface area contributed by atoms with E-state index in [1.165, 1.54) is 10.9 Å². The first kappa shape index (κ1) is 14.3. The Morgan fingerprint density at radius 2 is 2.19 bits per heavy atom. The molecule has 110 valence electrons. The standard InChI is InChI=1S/C17H18FNOS/c1-3-8-19-16(15-5-4-9-21-15)17-11(2)13-10-12(18)6-7-14(13)20-17/h4-7,9-10,16,19H,3,8H2,1-2H3. The zero-order valence-electron chi connectivity index (χ0n) is 12.2. The van der Waals surface area contributed by atoms with Crippen LogP contribution in [0.1, 0.15) is 35.6 Å². The van der Waals surface area contributed by atoms with Crippen LogP contribution in [0.5, 0.6) is 0 Å². The Labute approximate surface area is 127 Å². The molecule has 21 heavy (non-hydrogen) atoms. The van der Waals surface area contributed by atoms with Gasteiger partial charge >= 0.3 is 0 Å². The fourth-order valence-electron chi connectivity index (χ4n) is 2.55. The second-order valence-electron chi connectivity index (χ2n) is 5.13. The van der Waals surface area contributed by atoms with Crippen LogP contribution in [0.3, 0.4) is 0 Å². The second-order valence-corrected chi connectivity index (χ2v) is 6.11. The van der Waals surface area contributed by atoms with Crippen LogP contribution >= 0.6 is 11.3 Å². The molecule has 4 heteroatoms. The van der Waals surface area contributed by atoms with Crippen LogP contribution in [0.2, 0.25) is 0 Å². The Kier molecular flexibility index (Phi) is 4.08. The van der Waals surface area contributed by atoms with Gasteiger partial charge in [0.15, 0.2) is 0 Å². The number of halogens is 1. The molecular formula is C17H18FNOS. The van der Waals surface area contributed by atoms with E-state index in [1.54, 1.807) is 23.5 Å². The highest BCUT2D eigenvalue weighted by atomic mass is 32.1. The predicted octanol–water partition coefficient (Wildman–Crippen LogP) is 5.03. The third-order valence-corrected chi connectivity index (χ3v) is 4.56. The summed E-state index contributed by atoms with van der Waals surface area (Å²) >= 11 is 1.70. The van der Waals surface area contributed by atoms with Crippen LogP contribution < -0.4 is 5.32 Å². The van der Waals surface area contributed by atoms with Gasteiger partial charge in [-0.3, -0.25) is 0 Å². The number of hydrogen-bond donors (Lipinski definition) is 1. The number of benzene rings is 1. The molecule has 3 aromatic rings. The molecule has 0 radical (unpaired) electrons. The first-order valence-electron chi connectivity index (χ1n) is 7.16. The highest BCUT2D eigenvalue weighted by Gasteiger charge is 2.22. The van der Waals surface area contributed by atoms with Gasteiger partial charge < -0.3 is 9.73 Å². The quantitative estimate of drug-likeness (QED) is 0.715. The molecule has 1 unspecified atom stereocenters. The van der Waals surface area contributed by atoms with E-state index in [0.29, 0.717) is 0 Å². The molecule has 0 bridgehead atoms. The second kappa shape index (κ2) is 6.00. The first-order chi connectivity index (χ1) is 10.2. The summed E-state index contributed by atoms with van der Waals surface area (Å²) in [6.45, 7) is 5.04. The van der Waals surface area contributed by atoms with Gasteiger partial charge in [-0.1, -0.05) is 13.0 Å². The molecule has 1 atom stereocenters. The van der Waals surface area contributed by atoms with Crippen molar-refractivity contribution in [1.82, 2.24) is 5.32 Å². The monoisotopic (exact) mass is 303 g/mol. The zero-order chi connectivity index (χ0) is 14.8. The van der Waals surface area contributed by atoms with E-state index in [2.05, 4.69) is 23.7 Å². The Hall–Kier alpha value is -1.65. The summed E-state index contributed by atoms with van der Waals surface area (Å²) in [6, 6.07) is 8.86. The largest absolute Gasteiger partial charge is 0.459 e. The molecule has 2 heterocycles. The van der Waals surface area contributed by atoms with E-state index >= 15 is 0 Å². The fourth-order valence-corrected chi connectivity index (χ4v) is 3.35. The number of rotatable bonds is 5. The summed E-state index contributed by atoms with van der Waals surface area (Å²) in [5.41, 5.74) is 1.75. The maximum Gasteiger partial charge on any atom is 0.134 e. The fraction of sp³-hybridized carbons (Fsp3) is 0.294. The van der Waals surface area contributed by atoms with Crippen LogP contribution in [-0.2, 0) is 0 Å². The van der Waals surface area contributed by atoms with Crippen molar-refractivity contribution in [2.24, 2.45) is 0 Å². The van der Waals surface area contributed by atoms with Crippen molar-refractivity contribution in [3.8, 4) is 0 Å². The van der Waals surface area contributed by atoms with Gasteiger partial charge in [0, 0.05) is 15.8 Å². The third kappa shape index (κ3) is 2.74. The molecule has 0 aliphatic heterocycles. The average molecular weight is 303 g/mol. The Morgan fingerprint density at radius 3 is 2.90 bits per heavy atom. The highest BCUT2D eigenvalue weighted by Crippen LogP contribution is 2.34. The number of fused-ring (bicyclic) bond motifs is 1. The molecule has 3 rings (SSSR count). The summed E-state index contributed by atoms with van der Waals surface area (Å²) in [6.07, 6.45) is 1.05. The highest BCUT2D eigenvalue weighted by molar-refractivity contribution is 7.10. The van der Waals surface area contributed by atoms with Crippen molar-refractivity contribution in [2.75, 3.05) is 6.54 Å². The predicted molar refractivity (Wildman–Crippen MR) is 85.4 cm³/mol. The minimum atomic E-state index is -0.229. The maximum atomic E-state index is 13.4. The molecule has 0 aliphatic carbocycles. The van der Waals surface area contributed by atoms with Crippen molar-refractivity contribution in [2.45, 2.75) is 26.3 Å². The lowest BCUT2D eigenvalue weighted by atomic mass is 10.1. The molecule has 0 spiro atoms. The zero-order valence-corrected chi connectivity index (χ0v) is 13.0. The van der Waals surface area contributed by atoms with E-state index in [-0.39, 0.29) is 11.9 Å². The minimum absolute atomic E-state index is 0.0282. The summed E-state index contributed by atoms with van der Waals surface area (Å²) in [5.74, 6) is 0.652. The van der Waals surface area contributed by atoms with Gasteiger partial charge in [0.1, 0.15) is 23.2 Å². The van der Waals surface area contributed by atoms with Crippen LogP contribution in [0, 0.1) is 12.7 Å². The topological polar surface area (TPSA) is 25.2 Å². The minimum Gasteiger partial charge on any atom is -0.459 e. The Balaban J connectivity index is 2.08. The van der Waals surface area contributed by atoms with Crippen molar-refractivity contribution in [3.63, 3.8) is 0 Å². The van der Waals surface area contributed by atoms with Crippen molar-refractivity contribution < 1.29 is 8.81 Å². The van der Waals surface area contributed by atoms with Crippen LogP contribution in [-0.4, -0.2) is 6.54 Å². The molecule has 1 N–H and O–H groups in total. The number of thiophene rings is 1. The SMILES string of the molecule is CCCNC(c1cccs1)c1oc2ccc(F)cc2c1C. The Morgan fingerprint density at radius 1 is 1.33 bits per heavy atom. The molecule has 2 aromatic heterocycles. The summed E-state index contributed by atoms with van der Waals surface area (Å²) in [5, 5.41) is 6.44. The molecule has 0 aliphatic rings. The number of aryl methyl sites for hydroxylation is 1. The molecule has 0 fully saturated rings. The third-order valence-electron chi connectivity index (χ3n) is 3.62. The molecule has 0 saturated heterocycles.